The minimum atomic E-state index is -0.352. The lowest BCUT2D eigenvalue weighted by Gasteiger charge is -1.94. The molecule has 1 aliphatic heterocycles. The maximum atomic E-state index is 11.2. The zero-order chi connectivity index (χ0) is 9.26. The maximum absolute atomic E-state index is 11.2. The SMILES string of the molecule is O=C1O/C(=C/CO)c2ccccc21. The summed E-state index contributed by atoms with van der Waals surface area (Å²) < 4.78 is 4.93. The molecule has 1 N–H and O–H groups in total. The first-order valence-electron chi connectivity index (χ1n) is 3.95. The lowest BCUT2D eigenvalue weighted by Crippen LogP contribution is -1.92. The molecule has 1 heterocycles. The van der Waals surface area contributed by atoms with Gasteiger partial charge >= 0.3 is 5.97 Å². The fraction of sp³-hybridized carbons (Fsp3) is 0.100. The summed E-state index contributed by atoms with van der Waals surface area (Å²) in [5.74, 6) is 0.0957. The summed E-state index contributed by atoms with van der Waals surface area (Å²) in [7, 11) is 0. The molecule has 0 radical (unpaired) electrons. The minimum Gasteiger partial charge on any atom is -0.423 e. The highest BCUT2D eigenvalue weighted by molar-refractivity contribution is 6.02. The number of benzene rings is 1. The normalized spacial score (nSPS) is 17.3. The van der Waals surface area contributed by atoms with E-state index in [2.05, 4.69) is 0 Å². The molecule has 66 valence electrons. The van der Waals surface area contributed by atoms with Crippen molar-refractivity contribution in [3.8, 4) is 0 Å². The molecule has 2 rings (SSSR count). The molecule has 0 bridgehead atoms. The number of esters is 1. The summed E-state index contributed by atoms with van der Waals surface area (Å²) >= 11 is 0. The number of carbonyl (C=O) groups excluding carboxylic acids is 1. The number of cyclic esters (lactones) is 1. The zero-order valence-corrected chi connectivity index (χ0v) is 6.86. The van der Waals surface area contributed by atoms with Gasteiger partial charge in [0, 0.05) is 5.56 Å². The molecule has 3 nitrogen and oxygen atoms in total. The lowest BCUT2D eigenvalue weighted by atomic mass is 10.1. The van der Waals surface area contributed by atoms with Crippen molar-refractivity contribution in [2.75, 3.05) is 6.61 Å². The number of ether oxygens (including phenoxy) is 1. The molecular weight excluding hydrogens is 168 g/mol. The van der Waals surface area contributed by atoms with E-state index in [0.717, 1.165) is 5.56 Å². The molecule has 0 aliphatic carbocycles. The molecule has 1 aliphatic rings. The molecule has 0 aromatic heterocycles. The number of carbonyl (C=O) groups is 1. The Morgan fingerprint density at radius 1 is 1.31 bits per heavy atom. The summed E-state index contributed by atoms with van der Waals surface area (Å²) in [6.45, 7) is -0.128. The van der Waals surface area contributed by atoms with E-state index in [-0.39, 0.29) is 12.6 Å². The number of hydrogen-bond acceptors (Lipinski definition) is 3. The molecule has 1 aromatic carbocycles. The van der Waals surface area contributed by atoms with Crippen LogP contribution < -0.4 is 0 Å². The Bertz CT molecular complexity index is 380. The Morgan fingerprint density at radius 3 is 2.69 bits per heavy atom. The van der Waals surface area contributed by atoms with E-state index in [1.807, 2.05) is 6.07 Å². The van der Waals surface area contributed by atoms with E-state index < -0.39 is 0 Å². The monoisotopic (exact) mass is 176 g/mol. The van der Waals surface area contributed by atoms with E-state index in [0.29, 0.717) is 11.3 Å². The van der Waals surface area contributed by atoms with Gasteiger partial charge < -0.3 is 9.84 Å². The standard InChI is InChI=1S/C10H8O3/c11-6-5-9-7-3-1-2-4-8(7)10(12)13-9/h1-5,11H,6H2/b9-5+. The van der Waals surface area contributed by atoms with E-state index in [1.165, 1.54) is 6.08 Å². The van der Waals surface area contributed by atoms with Crippen LogP contribution in [0.15, 0.2) is 30.3 Å². The van der Waals surface area contributed by atoms with Crippen LogP contribution in [0.3, 0.4) is 0 Å². The average Bonchev–Trinajstić information content (AvgIpc) is 2.46. The third-order valence-electron chi connectivity index (χ3n) is 1.89. The molecule has 0 spiro atoms. The minimum absolute atomic E-state index is 0.128. The van der Waals surface area contributed by atoms with E-state index in [4.69, 9.17) is 9.84 Å². The quantitative estimate of drug-likeness (QED) is 0.654. The Kier molecular flexibility index (Phi) is 1.87. The number of hydrogen-bond donors (Lipinski definition) is 1. The van der Waals surface area contributed by atoms with Crippen LogP contribution in [0.1, 0.15) is 15.9 Å². The number of aliphatic hydroxyl groups is 1. The predicted molar refractivity (Wildman–Crippen MR) is 46.9 cm³/mol. The average molecular weight is 176 g/mol. The molecule has 0 atom stereocenters. The summed E-state index contributed by atoms with van der Waals surface area (Å²) in [5.41, 5.74) is 1.31. The van der Waals surface area contributed by atoms with Gasteiger partial charge in [-0.15, -0.1) is 0 Å². The highest BCUT2D eigenvalue weighted by atomic mass is 16.5. The van der Waals surface area contributed by atoms with Gasteiger partial charge in [-0.25, -0.2) is 4.79 Å². The predicted octanol–water partition coefficient (Wildman–Crippen LogP) is 1.19. The second kappa shape index (κ2) is 3.03. The van der Waals surface area contributed by atoms with Crippen LogP contribution in [-0.2, 0) is 4.74 Å². The number of fused-ring (bicyclic) bond motifs is 1. The van der Waals surface area contributed by atoms with E-state index in [1.54, 1.807) is 18.2 Å². The van der Waals surface area contributed by atoms with Crippen LogP contribution in [-0.4, -0.2) is 17.7 Å². The second-order valence-electron chi connectivity index (χ2n) is 2.69. The fourth-order valence-corrected chi connectivity index (χ4v) is 1.32. The van der Waals surface area contributed by atoms with Gasteiger partial charge in [-0.3, -0.25) is 0 Å². The summed E-state index contributed by atoms with van der Waals surface area (Å²) in [6.07, 6.45) is 1.48. The highest BCUT2D eigenvalue weighted by Gasteiger charge is 2.24. The lowest BCUT2D eigenvalue weighted by molar-refractivity contribution is 0.0715. The number of rotatable bonds is 1. The third-order valence-corrected chi connectivity index (χ3v) is 1.89. The van der Waals surface area contributed by atoms with Gasteiger partial charge in [0.15, 0.2) is 0 Å². The van der Waals surface area contributed by atoms with Gasteiger partial charge in [0.1, 0.15) is 5.76 Å². The van der Waals surface area contributed by atoms with Crippen molar-refractivity contribution in [2.24, 2.45) is 0 Å². The van der Waals surface area contributed by atoms with Gasteiger partial charge in [0.05, 0.1) is 12.2 Å². The van der Waals surface area contributed by atoms with Crippen LogP contribution in [0.5, 0.6) is 0 Å². The van der Waals surface area contributed by atoms with Crippen LogP contribution in [0.25, 0.3) is 5.76 Å². The molecular formula is C10H8O3. The van der Waals surface area contributed by atoms with Crippen molar-refractivity contribution in [1.82, 2.24) is 0 Å². The highest BCUT2D eigenvalue weighted by Crippen LogP contribution is 2.28. The van der Waals surface area contributed by atoms with Crippen molar-refractivity contribution >= 4 is 11.7 Å². The topological polar surface area (TPSA) is 46.5 Å². The van der Waals surface area contributed by atoms with Crippen LogP contribution >= 0.6 is 0 Å². The van der Waals surface area contributed by atoms with Crippen molar-refractivity contribution in [3.63, 3.8) is 0 Å². The second-order valence-corrected chi connectivity index (χ2v) is 2.69. The molecule has 13 heavy (non-hydrogen) atoms. The van der Waals surface area contributed by atoms with Crippen LogP contribution in [0.2, 0.25) is 0 Å². The van der Waals surface area contributed by atoms with Gasteiger partial charge in [-0.05, 0) is 12.1 Å². The summed E-state index contributed by atoms with van der Waals surface area (Å²) in [6, 6.07) is 7.10. The van der Waals surface area contributed by atoms with Crippen molar-refractivity contribution in [2.45, 2.75) is 0 Å². The van der Waals surface area contributed by atoms with Crippen molar-refractivity contribution in [3.05, 3.63) is 41.5 Å². The smallest absolute Gasteiger partial charge is 0.344 e. The Morgan fingerprint density at radius 2 is 2.00 bits per heavy atom. The zero-order valence-electron chi connectivity index (χ0n) is 6.86. The Hall–Kier alpha value is -1.61. The van der Waals surface area contributed by atoms with Gasteiger partial charge in [-0.1, -0.05) is 18.2 Å². The molecule has 0 saturated heterocycles. The van der Waals surface area contributed by atoms with Crippen LogP contribution in [0.4, 0.5) is 0 Å². The van der Waals surface area contributed by atoms with E-state index >= 15 is 0 Å². The van der Waals surface area contributed by atoms with Crippen molar-refractivity contribution < 1.29 is 14.6 Å². The Labute approximate surface area is 75.3 Å². The molecule has 3 heteroatoms. The molecule has 0 fully saturated rings. The first-order chi connectivity index (χ1) is 6.33. The fourth-order valence-electron chi connectivity index (χ4n) is 1.32. The summed E-state index contributed by atoms with van der Waals surface area (Å²) in [5, 5.41) is 8.67. The third kappa shape index (κ3) is 1.23. The largest absolute Gasteiger partial charge is 0.423 e. The Balaban J connectivity index is 2.53. The van der Waals surface area contributed by atoms with Gasteiger partial charge in [0.25, 0.3) is 0 Å². The molecule has 1 aromatic rings. The molecule has 0 saturated carbocycles. The van der Waals surface area contributed by atoms with E-state index in [9.17, 15) is 4.79 Å². The number of aliphatic hydroxyl groups excluding tert-OH is 1. The van der Waals surface area contributed by atoms with Gasteiger partial charge in [0.2, 0.25) is 0 Å². The molecule has 0 amide bonds. The summed E-state index contributed by atoms with van der Waals surface area (Å²) in [4.78, 5) is 11.2. The first-order valence-corrected chi connectivity index (χ1v) is 3.95. The molecule has 0 unspecified atom stereocenters. The van der Waals surface area contributed by atoms with Crippen molar-refractivity contribution in [1.29, 1.82) is 0 Å². The van der Waals surface area contributed by atoms with Gasteiger partial charge in [-0.2, -0.15) is 0 Å². The van der Waals surface area contributed by atoms with Crippen LogP contribution in [0, 0.1) is 0 Å². The first kappa shape index (κ1) is 8.01. The maximum Gasteiger partial charge on any atom is 0.344 e.